The molecule has 0 aromatic heterocycles. The van der Waals surface area contributed by atoms with Gasteiger partial charge in [0.1, 0.15) is 0 Å². The van der Waals surface area contributed by atoms with Crippen molar-refractivity contribution in [3.05, 3.63) is 53.6 Å². The lowest BCUT2D eigenvalue weighted by atomic mass is 9.75. The number of hydrogen-bond acceptors (Lipinski definition) is 5. The summed E-state index contributed by atoms with van der Waals surface area (Å²) < 4.78 is 16.5. The first-order valence-corrected chi connectivity index (χ1v) is 10.5. The van der Waals surface area contributed by atoms with Gasteiger partial charge in [-0.2, -0.15) is 0 Å². The van der Waals surface area contributed by atoms with E-state index in [-0.39, 0.29) is 18.8 Å². The Hall–Kier alpha value is -2.24. The molecule has 156 valence electrons. The van der Waals surface area contributed by atoms with Crippen molar-refractivity contribution in [2.45, 2.75) is 38.6 Å². The van der Waals surface area contributed by atoms with Gasteiger partial charge in [0.05, 0.1) is 7.11 Å². The number of benzene rings is 2. The SMILES string of the molecule is COc1cc(CN2CCC(CO)(CCCc3ccccc3)CC2)cc2c1OCO2. The predicted octanol–water partition coefficient (Wildman–Crippen LogP) is 4.02. The van der Waals surface area contributed by atoms with Gasteiger partial charge in [0.15, 0.2) is 11.5 Å². The molecule has 0 saturated carbocycles. The van der Waals surface area contributed by atoms with Crippen LogP contribution in [-0.4, -0.2) is 43.6 Å². The number of aryl methyl sites for hydroxylation is 1. The van der Waals surface area contributed by atoms with E-state index < -0.39 is 0 Å². The molecule has 1 N–H and O–H groups in total. The first-order chi connectivity index (χ1) is 14.2. The molecule has 1 fully saturated rings. The van der Waals surface area contributed by atoms with E-state index in [0.29, 0.717) is 5.75 Å². The molecule has 2 heterocycles. The zero-order valence-electron chi connectivity index (χ0n) is 17.2. The van der Waals surface area contributed by atoms with Crippen LogP contribution in [0.1, 0.15) is 36.8 Å². The lowest BCUT2D eigenvalue weighted by molar-refractivity contribution is 0.0329. The van der Waals surface area contributed by atoms with E-state index in [4.69, 9.17) is 14.2 Å². The van der Waals surface area contributed by atoms with Gasteiger partial charge < -0.3 is 19.3 Å². The third kappa shape index (κ3) is 4.68. The zero-order valence-corrected chi connectivity index (χ0v) is 17.2. The number of likely N-dealkylation sites (tertiary alicyclic amines) is 1. The second-order valence-corrected chi connectivity index (χ2v) is 8.31. The third-order valence-corrected chi connectivity index (χ3v) is 6.39. The summed E-state index contributed by atoms with van der Waals surface area (Å²) in [5, 5.41) is 10.1. The molecule has 5 heteroatoms. The zero-order chi connectivity index (χ0) is 20.1. The van der Waals surface area contributed by atoms with Crippen LogP contribution < -0.4 is 14.2 Å². The van der Waals surface area contributed by atoms with Crippen molar-refractivity contribution in [3.8, 4) is 17.2 Å². The van der Waals surface area contributed by atoms with Gasteiger partial charge in [0.2, 0.25) is 12.5 Å². The molecule has 0 bridgehead atoms. The van der Waals surface area contributed by atoms with Crippen LogP contribution in [-0.2, 0) is 13.0 Å². The molecule has 0 spiro atoms. The number of aliphatic hydroxyl groups excluding tert-OH is 1. The first-order valence-electron chi connectivity index (χ1n) is 10.5. The van der Waals surface area contributed by atoms with Crippen LogP contribution in [0.25, 0.3) is 0 Å². The Balaban J connectivity index is 1.31. The van der Waals surface area contributed by atoms with E-state index in [9.17, 15) is 5.11 Å². The highest BCUT2D eigenvalue weighted by Gasteiger charge is 2.33. The van der Waals surface area contributed by atoms with E-state index in [0.717, 1.165) is 63.2 Å². The van der Waals surface area contributed by atoms with Gasteiger partial charge in [-0.25, -0.2) is 0 Å². The van der Waals surface area contributed by atoms with Crippen LogP contribution in [0, 0.1) is 5.41 Å². The van der Waals surface area contributed by atoms with Gasteiger partial charge in [0, 0.05) is 13.2 Å². The van der Waals surface area contributed by atoms with Crippen molar-refractivity contribution in [1.82, 2.24) is 4.90 Å². The minimum Gasteiger partial charge on any atom is -0.493 e. The van der Waals surface area contributed by atoms with Crippen LogP contribution in [0.3, 0.4) is 0 Å². The average Bonchev–Trinajstić information content (AvgIpc) is 3.24. The highest BCUT2D eigenvalue weighted by atomic mass is 16.7. The van der Waals surface area contributed by atoms with Crippen molar-refractivity contribution in [1.29, 1.82) is 0 Å². The molecule has 1 saturated heterocycles. The number of nitrogens with zero attached hydrogens (tertiary/aromatic N) is 1. The van der Waals surface area contributed by atoms with Crippen LogP contribution in [0.2, 0.25) is 0 Å². The van der Waals surface area contributed by atoms with Crippen LogP contribution in [0.5, 0.6) is 17.2 Å². The normalized spacial score (nSPS) is 18.0. The topological polar surface area (TPSA) is 51.2 Å². The summed E-state index contributed by atoms with van der Waals surface area (Å²) in [6, 6.07) is 14.7. The minimum absolute atomic E-state index is 0.0673. The van der Waals surface area contributed by atoms with Gasteiger partial charge in [0.25, 0.3) is 0 Å². The number of hydrogen-bond donors (Lipinski definition) is 1. The smallest absolute Gasteiger partial charge is 0.231 e. The van der Waals surface area contributed by atoms with Gasteiger partial charge in [-0.3, -0.25) is 4.90 Å². The van der Waals surface area contributed by atoms with Crippen molar-refractivity contribution >= 4 is 0 Å². The Kier molecular flexibility index (Phi) is 6.26. The molecule has 2 aliphatic heterocycles. The fourth-order valence-electron chi connectivity index (χ4n) is 4.52. The Labute approximate surface area is 173 Å². The van der Waals surface area contributed by atoms with Crippen molar-refractivity contribution in [3.63, 3.8) is 0 Å². The first kappa shape index (κ1) is 20.0. The third-order valence-electron chi connectivity index (χ3n) is 6.39. The lowest BCUT2D eigenvalue weighted by Gasteiger charge is -2.41. The summed E-state index contributed by atoms with van der Waals surface area (Å²) in [6.45, 7) is 3.40. The molecule has 0 amide bonds. The molecule has 2 aliphatic rings. The fraction of sp³-hybridized carbons (Fsp3) is 0.500. The summed E-state index contributed by atoms with van der Waals surface area (Å²) >= 11 is 0. The van der Waals surface area contributed by atoms with Crippen molar-refractivity contribution < 1.29 is 19.3 Å². The number of rotatable bonds is 8. The molecule has 4 rings (SSSR count). The largest absolute Gasteiger partial charge is 0.493 e. The van der Waals surface area contributed by atoms with E-state index in [1.54, 1.807) is 7.11 Å². The number of ether oxygens (including phenoxy) is 3. The fourth-order valence-corrected chi connectivity index (χ4v) is 4.52. The van der Waals surface area contributed by atoms with Gasteiger partial charge in [-0.1, -0.05) is 30.3 Å². The van der Waals surface area contributed by atoms with Crippen LogP contribution >= 0.6 is 0 Å². The van der Waals surface area contributed by atoms with E-state index in [1.165, 1.54) is 11.1 Å². The maximum absolute atomic E-state index is 10.1. The molecule has 0 atom stereocenters. The molecule has 2 aromatic rings. The summed E-state index contributed by atoms with van der Waals surface area (Å²) in [4.78, 5) is 2.46. The quantitative estimate of drug-likeness (QED) is 0.729. The Bertz CT molecular complexity index is 800. The van der Waals surface area contributed by atoms with E-state index in [1.807, 2.05) is 6.07 Å². The van der Waals surface area contributed by atoms with Crippen molar-refractivity contribution in [2.75, 3.05) is 33.6 Å². The molecular weight excluding hydrogens is 366 g/mol. The van der Waals surface area contributed by atoms with Crippen molar-refractivity contribution in [2.24, 2.45) is 5.41 Å². The molecule has 2 aromatic carbocycles. The summed E-state index contributed by atoms with van der Waals surface area (Å²) in [5.74, 6) is 2.20. The number of fused-ring (bicyclic) bond motifs is 1. The molecule has 5 nitrogen and oxygen atoms in total. The van der Waals surface area contributed by atoms with Gasteiger partial charge >= 0.3 is 0 Å². The molecule has 0 aliphatic carbocycles. The minimum atomic E-state index is 0.0673. The summed E-state index contributed by atoms with van der Waals surface area (Å²) in [6.07, 6.45) is 5.39. The highest BCUT2D eigenvalue weighted by molar-refractivity contribution is 5.55. The summed E-state index contributed by atoms with van der Waals surface area (Å²) in [5.41, 5.74) is 2.62. The molecule has 0 unspecified atom stereocenters. The summed E-state index contributed by atoms with van der Waals surface area (Å²) in [7, 11) is 1.66. The highest BCUT2D eigenvalue weighted by Crippen LogP contribution is 2.42. The van der Waals surface area contributed by atoms with Crippen LogP contribution in [0.15, 0.2) is 42.5 Å². The van der Waals surface area contributed by atoms with Crippen LogP contribution in [0.4, 0.5) is 0 Å². The van der Waals surface area contributed by atoms with E-state index >= 15 is 0 Å². The Morgan fingerprint density at radius 2 is 1.86 bits per heavy atom. The number of methoxy groups -OCH3 is 1. The number of aliphatic hydroxyl groups is 1. The average molecular weight is 398 g/mol. The Morgan fingerprint density at radius 1 is 1.07 bits per heavy atom. The predicted molar refractivity (Wildman–Crippen MR) is 113 cm³/mol. The maximum Gasteiger partial charge on any atom is 0.231 e. The molecule has 0 radical (unpaired) electrons. The Morgan fingerprint density at radius 3 is 2.59 bits per heavy atom. The molecule has 29 heavy (non-hydrogen) atoms. The second kappa shape index (κ2) is 9.06. The number of piperidine rings is 1. The second-order valence-electron chi connectivity index (χ2n) is 8.31. The monoisotopic (exact) mass is 397 g/mol. The van der Waals surface area contributed by atoms with Gasteiger partial charge in [-0.15, -0.1) is 0 Å². The van der Waals surface area contributed by atoms with E-state index in [2.05, 4.69) is 41.3 Å². The lowest BCUT2D eigenvalue weighted by Crippen LogP contribution is -2.41. The maximum atomic E-state index is 10.1. The molecular formula is C24H31NO4. The standard InChI is InChI=1S/C24H31NO4/c1-27-21-14-20(15-22-23(21)29-18-28-22)16-25-12-10-24(17-26,11-13-25)9-5-8-19-6-3-2-4-7-19/h2-4,6-7,14-15,26H,5,8-13,16-18H2,1H3. The van der Waals surface area contributed by atoms with Gasteiger partial charge in [-0.05, 0) is 73.9 Å².